The molecule has 1 atom stereocenters. The van der Waals surface area contributed by atoms with E-state index in [0.717, 1.165) is 26.9 Å². The lowest BCUT2D eigenvalue weighted by molar-refractivity contribution is 0.808. The Morgan fingerprint density at radius 2 is 2.11 bits per heavy atom. The molecule has 0 aliphatic heterocycles. The zero-order valence-electron chi connectivity index (χ0n) is 10.1. The third-order valence-electron chi connectivity index (χ3n) is 2.62. The fourth-order valence-electron chi connectivity index (χ4n) is 1.55. The van der Waals surface area contributed by atoms with Crippen molar-refractivity contribution >= 4 is 23.4 Å². The number of hydrogen-bond acceptors (Lipinski definition) is 3. The van der Waals surface area contributed by atoms with Crippen LogP contribution in [0.2, 0.25) is 5.02 Å². The second-order valence-electron chi connectivity index (χ2n) is 4.10. The molecule has 0 amide bonds. The van der Waals surface area contributed by atoms with Crippen LogP contribution in [0.4, 0.5) is 0 Å². The number of nitrogens with two attached hydrogens (primary N) is 1. The van der Waals surface area contributed by atoms with Gasteiger partial charge in [-0.25, -0.2) is 4.98 Å². The Kier molecular flexibility index (Phi) is 4.64. The third kappa shape index (κ3) is 3.48. The van der Waals surface area contributed by atoms with Crippen molar-refractivity contribution in [3.63, 3.8) is 0 Å². The van der Waals surface area contributed by atoms with Gasteiger partial charge in [0.05, 0.1) is 5.03 Å². The predicted octanol–water partition coefficient (Wildman–Crippen LogP) is 4.05. The van der Waals surface area contributed by atoms with Gasteiger partial charge in [0.25, 0.3) is 0 Å². The van der Waals surface area contributed by atoms with E-state index < -0.39 is 0 Å². The summed E-state index contributed by atoms with van der Waals surface area (Å²) in [4.78, 5) is 4.33. The van der Waals surface area contributed by atoms with Crippen LogP contribution in [-0.4, -0.2) is 4.98 Å². The Labute approximate surface area is 117 Å². The summed E-state index contributed by atoms with van der Waals surface area (Å²) in [5.41, 5.74) is 8.08. The second kappa shape index (κ2) is 6.23. The van der Waals surface area contributed by atoms with Gasteiger partial charge in [-0.05, 0) is 36.2 Å². The lowest BCUT2D eigenvalue weighted by Gasteiger charge is -2.07. The number of benzene rings is 1. The maximum Gasteiger partial charge on any atom is 0.0966 e. The van der Waals surface area contributed by atoms with Gasteiger partial charge < -0.3 is 5.73 Å². The van der Waals surface area contributed by atoms with Crippen LogP contribution in [0.5, 0.6) is 0 Å². The van der Waals surface area contributed by atoms with E-state index in [1.165, 1.54) is 0 Å². The molecule has 1 heterocycles. The minimum atomic E-state index is 0.0349. The van der Waals surface area contributed by atoms with E-state index in [9.17, 15) is 0 Å². The molecule has 1 aromatic carbocycles. The first-order chi connectivity index (χ1) is 8.66. The van der Waals surface area contributed by atoms with Crippen molar-refractivity contribution < 1.29 is 0 Å². The highest BCUT2D eigenvalue weighted by molar-refractivity contribution is 7.98. The van der Waals surface area contributed by atoms with E-state index in [1.54, 1.807) is 18.0 Å². The van der Waals surface area contributed by atoms with E-state index in [2.05, 4.69) is 4.98 Å². The van der Waals surface area contributed by atoms with Gasteiger partial charge in [0.15, 0.2) is 0 Å². The lowest BCUT2D eigenvalue weighted by Crippen LogP contribution is -2.05. The molecule has 1 aromatic heterocycles. The van der Waals surface area contributed by atoms with Crippen LogP contribution in [0.15, 0.2) is 47.6 Å². The summed E-state index contributed by atoms with van der Waals surface area (Å²) in [5, 5.41) is 1.78. The molecule has 2 nitrogen and oxygen atoms in total. The van der Waals surface area contributed by atoms with Crippen LogP contribution in [0.3, 0.4) is 0 Å². The van der Waals surface area contributed by atoms with Gasteiger partial charge in [-0.15, -0.1) is 11.8 Å². The molecule has 2 rings (SSSR count). The van der Waals surface area contributed by atoms with Gasteiger partial charge in [-0.1, -0.05) is 29.8 Å². The van der Waals surface area contributed by atoms with Crippen LogP contribution in [0.1, 0.15) is 24.1 Å². The van der Waals surface area contributed by atoms with Crippen molar-refractivity contribution in [1.29, 1.82) is 0 Å². The molecule has 0 bridgehead atoms. The van der Waals surface area contributed by atoms with Gasteiger partial charge in [0.2, 0.25) is 0 Å². The first kappa shape index (κ1) is 13.4. The Morgan fingerprint density at radius 3 is 2.83 bits per heavy atom. The molecule has 0 spiro atoms. The van der Waals surface area contributed by atoms with E-state index in [-0.39, 0.29) is 6.04 Å². The van der Waals surface area contributed by atoms with Crippen LogP contribution >= 0.6 is 23.4 Å². The number of pyridine rings is 1. The molecule has 0 saturated heterocycles. The lowest BCUT2D eigenvalue weighted by atomic mass is 10.1. The highest BCUT2D eigenvalue weighted by Crippen LogP contribution is 2.26. The van der Waals surface area contributed by atoms with Gasteiger partial charge in [-0.2, -0.15) is 0 Å². The Hall–Kier alpha value is -1.03. The molecular weight excluding hydrogens is 264 g/mol. The van der Waals surface area contributed by atoms with Crippen LogP contribution in [0, 0.1) is 0 Å². The van der Waals surface area contributed by atoms with Crippen molar-refractivity contribution in [2.45, 2.75) is 23.7 Å². The molecule has 2 N–H and O–H groups in total. The Bertz CT molecular complexity index is 529. The number of aromatic nitrogens is 1. The van der Waals surface area contributed by atoms with E-state index in [4.69, 9.17) is 17.3 Å². The molecule has 18 heavy (non-hydrogen) atoms. The van der Waals surface area contributed by atoms with Crippen LogP contribution < -0.4 is 5.73 Å². The third-order valence-corrected chi connectivity index (χ3v) is 3.96. The number of hydrogen-bond donors (Lipinski definition) is 1. The van der Waals surface area contributed by atoms with Crippen molar-refractivity contribution in [2.24, 2.45) is 5.73 Å². The van der Waals surface area contributed by atoms with E-state index in [1.807, 2.05) is 43.3 Å². The Balaban J connectivity index is 2.07. The molecule has 0 saturated carbocycles. The zero-order valence-corrected chi connectivity index (χ0v) is 11.7. The summed E-state index contributed by atoms with van der Waals surface area (Å²) in [5.74, 6) is 0.815. The molecule has 0 aliphatic rings. The van der Waals surface area contributed by atoms with Crippen molar-refractivity contribution in [3.05, 3.63) is 58.7 Å². The van der Waals surface area contributed by atoms with Crippen molar-refractivity contribution in [2.75, 3.05) is 0 Å². The maximum absolute atomic E-state index is 6.12. The maximum atomic E-state index is 6.12. The van der Waals surface area contributed by atoms with Gasteiger partial charge >= 0.3 is 0 Å². The average molecular weight is 279 g/mol. The molecule has 2 aromatic rings. The summed E-state index contributed by atoms with van der Waals surface area (Å²) in [6, 6.07) is 11.9. The summed E-state index contributed by atoms with van der Waals surface area (Å²) < 4.78 is 0. The molecule has 0 unspecified atom stereocenters. The average Bonchev–Trinajstić information content (AvgIpc) is 2.38. The SMILES string of the molecule is C[C@@H](N)c1ccnc(SCc2ccccc2Cl)c1. The molecule has 4 heteroatoms. The van der Waals surface area contributed by atoms with Crippen molar-refractivity contribution in [1.82, 2.24) is 4.98 Å². The Morgan fingerprint density at radius 1 is 1.33 bits per heavy atom. The summed E-state index contributed by atoms with van der Waals surface area (Å²) >= 11 is 7.79. The zero-order chi connectivity index (χ0) is 13.0. The summed E-state index contributed by atoms with van der Waals surface area (Å²) in [6.45, 7) is 1.97. The number of nitrogens with zero attached hydrogens (tertiary/aromatic N) is 1. The monoisotopic (exact) mass is 278 g/mol. The summed E-state index contributed by atoms with van der Waals surface area (Å²) in [6.07, 6.45) is 1.80. The van der Waals surface area contributed by atoms with E-state index in [0.29, 0.717) is 0 Å². The van der Waals surface area contributed by atoms with E-state index >= 15 is 0 Å². The van der Waals surface area contributed by atoms with Crippen molar-refractivity contribution in [3.8, 4) is 0 Å². The van der Waals surface area contributed by atoms with Crippen LogP contribution in [0.25, 0.3) is 0 Å². The fraction of sp³-hybridized carbons (Fsp3) is 0.214. The highest BCUT2D eigenvalue weighted by atomic mass is 35.5. The number of thioether (sulfide) groups is 1. The molecule has 0 radical (unpaired) electrons. The largest absolute Gasteiger partial charge is 0.324 e. The quantitative estimate of drug-likeness (QED) is 0.858. The van der Waals surface area contributed by atoms with Crippen LogP contribution in [-0.2, 0) is 5.75 Å². The smallest absolute Gasteiger partial charge is 0.0966 e. The first-order valence-corrected chi connectivity index (χ1v) is 7.11. The first-order valence-electron chi connectivity index (χ1n) is 5.74. The molecule has 0 fully saturated rings. The minimum Gasteiger partial charge on any atom is -0.324 e. The summed E-state index contributed by atoms with van der Waals surface area (Å²) in [7, 11) is 0. The normalized spacial score (nSPS) is 12.4. The highest BCUT2D eigenvalue weighted by Gasteiger charge is 2.04. The molecular formula is C14H15ClN2S. The molecule has 0 aliphatic carbocycles. The molecule has 94 valence electrons. The number of halogens is 1. The van der Waals surface area contributed by atoms with Gasteiger partial charge in [0, 0.05) is 23.0 Å². The van der Waals surface area contributed by atoms with Gasteiger partial charge in [0.1, 0.15) is 0 Å². The minimum absolute atomic E-state index is 0.0349. The number of rotatable bonds is 4. The fourth-order valence-corrected chi connectivity index (χ4v) is 2.75. The topological polar surface area (TPSA) is 38.9 Å². The standard InChI is InChI=1S/C14H15ClN2S/c1-10(16)11-6-7-17-14(8-11)18-9-12-4-2-3-5-13(12)15/h2-8,10H,9,16H2,1H3/t10-/m1/s1. The van der Waals surface area contributed by atoms with Gasteiger partial charge in [-0.3, -0.25) is 0 Å². The predicted molar refractivity (Wildman–Crippen MR) is 77.9 cm³/mol. The second-order valence-corrected chi connectivity index (χ2v) is 5.50.